The van der Waals surface area contributed by atoms with Crippen LogP contribution >= 0.6 is 0 Å². The van der Waals surface area contributed by atoms with Crippen LogP contribution in [0.3, 0.4) is 0 Å². The van der Waals surface area contributed by atoms with Gasteiger partial charge < -0.3 is 20.9 Å². The summed E-state index contributed by atoms with van der Waals surface area (Å²) in [4.78, 5) is 22.6. The summed E-state index contributed by atoms with van der Waals surface area (Å²) < 4.78 is 4.57. The first-order valence-electron chi connectivity index (χ1n) is 5.42. The predicted octanol–water partition coefficient (Wildman–Crippen LogP) is 0.0713. The minimum atomic E-state index is -0.519. The van der Waals surface area contributed by atoms with Gasteiger partial charge in [0, 0.05) is 0 Å². The summed E-state index contributed by atoms with van der Waals surface area (Å²) in [5, 5.41) is 11.8. The van der Waals surface area contributed by atoms with Crippen LogP contribution < -0.4 is 11.1 Å². The Morgan fingerprint density at radius 2 is 2.00 bits per heavy atom. The van der Waals surface area contributed by atoms with Crippen molar-refractivity contribution in [2.45, 2.75) is 12.5 Å². The van der Waals surface area contributed by atoms with Crippen LogP contribution in [0.4, 0.5) is 0 Å². The quantitative estimate of drug-likeness (QED) is 0.644. The second kappa shape index (κ2) is 6.61. The predicted molar refractivity (Wildman–Crippen MR) is 64.7 cm³/mol. The molecule has 0 aliphatic rings. The van der Waals surface area contributed by atoms with Crippen molar-refractivity contribution in [1.82, 2.24) is 5.32 Å². The van der Waals surface area contributed by atoms with Crippen LogP contribution in [0.5, 0.6) is 5.75 Å². The Hall–Kier alpha value is -2.08. The Morgan fingerprint density at radius 1 is 1.39 bits per heavy atom. The number of nitrogens with one attached hydrogen (secondary N) is 1. The first-order valence-corrected chi connectivity index (χ1v) is 5.42. The van der Waals surface area contributed by atoms with Gasteiger partial charge in [-0.25, -0.2) is 0 Å². The zero-order valence-electron chi connectivity index (χ0n) is 10.1. The maximum absolute atomic E-state index is 11.3. The van der Waals surface area contributed by atoms with Crippen molar-refractivity contribution < 1.29 is 19.4 Å². The maximum Gasteiger partial charge on any atom is 0.307 e. The molecule has 0 fully saturated rings. The van der Waals surface area contributed by atoms with E-state index < -0.39 is 12.0 Å². The molecular weight excluding hydrogens is 236 g/mol. The molecule has 0 saturated heterocycles. The van der Waals surface area contributed by atoms with Gasteiger partial charge >= 0.3 is 5.97 Å². The number of phenolic OH excluding ortho intramolecular Hbond substituents is 1. The highest BCUT2D eigenvalue weighted by Crippen LogP contribution is 2.20. The summed E-state index contributed by atoms with van der Waals surface area (Å²) in [6.45, 7) is -0.157. The van der Waals surface area contributed by atoms with Crippen LogP contribution in [0, 0.1) is 0 Å². The Bertz CT molecular complexity index is 399. The zero-order chi connectivity index (χ0) is 13.5. The van der Waals surface area contributed by atoms with Gasteiger partial charge in [-0.15, -0.1) is 0 Å². The van der Waals surface area contributed by atoms with Crippen molar-refractivity contribution in [2.24, 2.45) is 5.73 Å². The fourth-order valence-corrected chi connectivity index (χ4v) is 1.46. The highest BCUT2D eigenvalue weighted by molar-refractivity contribution is 5.79. The van der Waals surface area contributed by atoms with Gasteiger partial charge in [-0.2, -0.15) is 0 Å². The standard InChI is InChI=1S/C12H16N2O4/c1-18-12(17)6-10(14-11(16)7-13)8-2-4-9(15)5-3-8/h2-5,10,15H,6-7,13H2,1H3,(H,14,16). The summed E-state index contributed by atoms with van der Waals surface area (Å²) in [7, 11) is 1.28. The van der Waals surface area contributed by atoms with E-state index in [2.05, 4.69) is 10.1 Å². The fourth-order valence-electron chi connectivity index (χ4n) is 1.46. The molecule has 1 amide bonds. The monoisotopic (exact) mass is 252 g/mol. The van der Waals surface area contributed by atoms with Crippen molar-refractivity contribution >= 4 is 11.9 Å². The number of carbonyl (C=O) groups is 2. The lowest BCUT2D eigenvalue weighted by atomic mass is 10.0. The largest absolute Gasteiger partial charge is 0.508 e. The molecule has 1 unspecified atom stereocenters. The third-order valence-electron chi connectivity index (χ3n) is 2.41. The summed E-state index contributed by atoms with van der Waals surface area (Å²) in [6.07, 6.45) is 0.00696. The molecule has 1 aromatic rings. The minimum Gasteiger partial charge on any atom is -0.508 e. The SMILES string of the molecule is COC(=O)CC(NC(=O)CN)c1ccc(O)cc1. The molecule has 98 valence electrons. The van der Waals surface area contributed by atoms with E-state index in [1.807, 2.05) is 0 Å². The molecule has 4 N–H and O–H groups in total. The van der Waals surface area contributed by atoms with E-state index in [4.69, 9.17) is 5.73 Å². The number of carbonyl (C=O) groups excluding carboxylic acids is 2. The second-order valence-electron chi connectivity index (χ2n) is 3.70. The highest BCUT2D eigenvalue weighted by atomic mass is 16.5. The molecule has 0 radical (unpaired) electrons. The number of rotatable bonds is 5. The van der Waals surface area contributed by atoms with E-state index >= 15 is 0 Å². The van der Waals surface area contributed by atoms with Crippen molar-refractivity contribution in [2.75, 3.05) is 13.7 Å². The lowest BCUT2D eigenvalue weighted by Crippen LogP contribution is -2.34. The molecular formula is C12H16N2O4. The molecule has 0 aliphatic carbocycles. The number of nitrogens with two attached hydrogens (primary N) is 1. The van der Waals surface area contributed by atoms with E-state index in [-0.39, 0.29) is 24.6 Å². The molecule has 0 heterocycles. The van der Waals surface area contributed by atoms with Crippen LogP contribution in [-0.2, 0) is 14.3 Å². The number of hydrogen-bond donors (Lipinski definition) is 3. The number of aromatic hydroxyl groups is 1. The van der Waals surface area contributed by atoms with Crippen molar-refractivity contribution in [3.05, 3.63) is 29.8 Å². The summed E-state index contributed by atoms with van der Waals surface area (Å²) >= 11 is 0. The number of esters is 1. The number of methoxy groups -OCH3 is 1. The van der Waals surface area contributed by atoms with Gasteiger partial charge in [-0.3, -0.25) is 9.59 Å². The summed E-state index contributed by atoms with van der Waals surface area (Å²) in [6, 6.07) is 5.69. The van der Waals surface area contributed by atoms with E-state index in [1.165, 1.54) is 19.2 Å². The number of phenols is 1. The van der Waals surface area contributed by atoms with Gasteiger partial charge in [0.1, 0.15) is 5.75 Å². The minimum absolute atomic E-state index is 0.00696. The van der Waals surface area contributed by atoms with Crippen LogP contribution in [-0.4, -0.2) is 30.6 Å². The second-order valence-corrected chi connectivity index (χ2v) is 3.70. The van der Waals surface area contributed by atoms with Gasteiger partial charge in [0.15, 0.2) is 0 Å². The third-order valence-corrected chi connectivity index (χ3v) is 2.41. The number of hydrogen-bond acceptors (Lipinski definition) is 5. The lowest BCUT2D eigenvalue weighted by Gasteiger charge is -2.17. The van der Waals surface area contributed by atoms with Gasteiger partial charge in [0.25, 0.3) is 0 Å². The Labute approximate surface area is 105 Å². The van der Waals surface area contributed by atoms with E-state index in [9.17, 15) is 14.7 Å². The van der Waals surface area contributed by atoms with Crippen LogP contribution in [0.1, 0.15) is 18.0 Å². The molecule has 0 bridgehead atoms. The van der Waals surface area contributed by atoms with Gasteiger partial charge in [0.2, 0.25) is 5.91 Å². The first kappa shape index (κ1) is 14.0. The highest BCUT2D eigenvalue weighted by Gasteiger charge is 2.18. The van der Waals surface area contributed by atoms with Gasteiger partial charge in [0.05, 0.1) is 26.1 Å². The van der Waals surface area contributed by atoms with Gasteiger partial charge in [-0.05, 0) is 17.7 Å². The normalized spacial score (nSPS) is 11.7. The number of amides is 1. The van der Waals surface area contributed by atoms with Crippen molar-refractivity contribution in [1.29, 1.82) is 0 Å². The topological polar surface area (TPSA) is 102 Å². The van der Waals surface area contributed by atoms with Crippen LogP contribution in [0.25, 0.3) is 0 Å². The van der Waals surface area contributed by atoms with E-state index in [0.717, 1.165) is 0 Å². The van der Waals surface area contributed by atoms with Crippen LogP contribution in [0.2, 0.25) is 0 Å². The molecule has 1 atom stereocenters. The number of ether oxygens (including phenoxy) is 1. The molecule has 6 heteroatoms. The maximum atomic E-state index is 11.3. The number of benzene rings is 1. The summed E-state index contributed by atoms with van der Waals surface area (Å²) in [5.41, 5.74) is 5.91. The molecule has 0 saturated carbocycles. The molecule has 18 heavy (non-hydrogen) atoms. The zero-order valence-corrected chi connectivity index (χ0v) is 10.1. The Balaban J connectivity index is 2.85. The Morgan fingerprint density at radius 3 is 2.50 bits per heavy atom. The van der Waals surface area contributed by atoms with E-state index in [1.54, 1.807) is 12.1 Å². The Kier molecular flexibility index (Phi) is 5.13. The van der Waals surface area contributed by atoms with Crippen molar-refractivity contribution in [3.63, 3.8) is 0 Å². The van der Waals surface area contributed by atoms with E-state index in [0.29, 0.717) is 5.56 Å². The molecule has 0 aliphatic heterocycles. The summed E-state index contributed by atoms with van der Waals surface area (Å²) in [5.74, 6) is -0.692. The third kappa shape index (κ3) is 4.06. The molecule has 0 spiro atoms. The average molecular weight is 252 g/mol. The average Bonchev–Trinajstić information content (AvgIpc) is 2.38. The first-order chi connectivity index (χ1) is 8.56. The van der Waals surface area contributed by atoms with Crippen LogP contribution in [0.15, 0.2) is 24.3 Å². The molecule has 1 rings (SSSR count). The van der Waals surface area contributed by atoms with Crippen molar-refractivity contribution in [3.8, 4) is 5.75 Å². The molecule has 0 aromatic heterocycles. The smallest absolute Gasteiger partial charge is 0.307 e. The molecule has 6 nitrogen and oxygen atoms in total. The lowest BCUT2D eigenvalue weighted by molar-refractivity contribution is -0.141. The molecule has 1 aromatic carbocycles. The van der Waals surface area contributed by atoms with Gasteiger partial charge in [-0.1, -0.05) is 12.1 Å². The fraction of sp³-hybridized carbons (Fsp3) is 0.333.